The summed E-state index contributed by atoms with van der Waals surface area (Å²) in [6, 6.07) is 7.10. The zero-order chi connectivity index (χ0) is 15.5. The van der Waals surface area contributed by atoms with Gasteiger partial charge in [0.05, 0.1) is 17.1 Å². The van der Waals surface area contributed by atoms with Crippen molar-refractivity contribution >= 4 is 10.0 Å². The van der Waals surface area contributed by atoms with Gasteiger partial charge >= 0.3 is 0 Å². The van der Waals surface area contributed by atoms with Crippen molar-refractivity contribution in [3.05, 3.63) is 29.8 Å². The van der Waals surface area contributed by atoms with Crippen molar-refractivity contribution in [1.29, 1.82) is 0 Å². The highest BCUT2D eigenvalue weighted by Crippen LogP contribution is 2.21. The number of benzene rings is 1. The molecule has 1 aromatic carbocycles. The predicted molar refractivity (Wildman–Crippen MR) is 82.6 cm³/mol. The molecule has 118 valence electrons. The lowest BCUT2D eigenvalue weighted by Gasteiger charge is -2.34. The minimum Gasteiger partial charge on any atom is -0.373 e. The molecule has 1 N–H and O–H groups in total. The third-order valence-electron chi connectivity index (χ3n) is 3.53. The highest BCUT2D eigenvalue weighted by molar-refractivity contribution is 7.89. The van der Waals surface area contributed by atoms with Crippen LogP contribution in [0.2, 0.25) is 0 Å². The molecule has 1 fully saturated rings. The maximum atomic E-state index is 12.7. The van der Waals surface area contributed by atoms with Crippen LogP contribution in [-0.2, 0) is 21.3 Å². The first-order valence-corrected chi connectivity index (χ1v) is 8.82. The van der Waals surface area contributed by atoms with Gasteiger partial charge in [-0.05, 0) is 38.1 Å². The van der Waals surface area contributed by atoms with Gasteiger partial charge in [-0.15, -0.1) is 0 Å². The molecule has 2 atom stereocenters. The number of nitrogens with zero attached hydrogens (tertiary/aromatic N) is 1. The van der Waals surface area contributed by atoms with E-state index in [9.17, 15) is 8.42 Å². The van der Waals surface area contributed by atoms with Gasteiger partial charge < -0.3 is 10.1 Å². The van der Waals surface area contributed by atoms with E-state index in [1.165, 1.54) is 4.31 Å². The molecule has 2 rings (SSSR count). The molecule has 21 heavy (non-hydrogen) atoms. The van der Waals surface area contributed by atoms with Gasteiger partial charge in [-0.25, -0.2) is 8.42 Å². The van der Waals surface area contributed by atoms with Gasteiger partial charge in [0.15, 0.2) is 0 Å². The Morgan fingerprint density at radius 2 is 1.76 bits per heavy atom. The molecular formula is C15H24N2O3S. The molecule has 1 heterocycles. The lowest BCUT2D eigenvalue weighted by Crippen LogP contribution is -2.48. The Labute approximate surface area is 127 Å². The van der Waals surface area contributed by atoms with E-state index < -0.39 is 10.0 Å². The highest BCUT2D eigenvalue weighted by atomic mass is 32.2. The zero-order valence-electron chi connectivity index (χ0n) is 12.9. The lowest BCUT2D eigenvalue weighted by atomic mass is 10.2. The Morgan fingerprint density at radius 1 is 1.19 bits per heavy atom. The fourth-order valence-corrected chi connectivity index (χ4v) is 4.12. The van der Waals surface area contributed by atoms with Crippen molar-refractivity contribution in [2.24, 2.45) is 0 Å². The van der Waals surface area contributed by atoms with Crippen molar-refractivity contribution in [1.82, 2.24) is 9.62 Å². The first-order chi connectivity index (χ1) is 9.93. The van der Waals surface area contributed by atoms with Crippen LogP contribution >= 0.6 is 0 Å². The molecule has 1 aliphatic heterocycles. The normalized spacial score (nSPS) is 24.1. The average molecular weight is 312 g/mol. The van der Waals surface area contributed by atoms with Crippen molar-refractivity contribution in [2.75, 3.05) is 19.6 Å². The van der Waals surface area contributed by atoms with E-state index >= 15 is 0 Å². The molecule has 1 aromatic rings. The van der Waals surface area contributed by atoms with Crippen LogP contribution in [0.15, 0.2) is 29.2 Å². The quantitative estimate of drug-likeness (QED) is 0.897. The summed E-state index contributed by atoms with van der Waals surface area (Å²) in [7, 11) is -3.43. The van der Waals surface area contributed by atoms with E-state index in [1.807, 2.05) is 32.9 Å². The third-order valence-corrected chi connectivity index (χ3v) is 5.37. The van der Waals surface area contributed by atoms with Crippen LogP contribution in [-0.4, -0.2) is 44.6 Å². The number of nitrogens with one attached hydrogen (secondary N) is 1. The summed E-state index contributed by atoms with van der Waals surface area (Å²) < 4.78 is 32.4. The van der Waals surface area contributed by atoms with E-state index in [0.29, 0.717) is 18.0 Å². The molecule has 0 amide bonds. The van der Waals surface area contributed by atoms with Gasteiger partial charge in [-0.2, -0.15) is 4.31 Å². The molecule has 0 aliphatic carbocycles. The molecular weight excluding hydrogens is 288 g/mol. The fraction of sp³-hybridized carbons (Fsp3) is 0.600. The van der Waals surface area contributed by atoms with Gasteiger partial charge in [-0.3, -0.25) is 0 Å². The number of hydrogen-bond acceptors (Lipinski definition) is 4. The van der Waals surface area contributed by atoms with Gasteiger partial charge in [0.25, 0.3) is 0 Å². The van der Waals surface area contributed by atoms with Crippen LogP contribution in [0.4, 0.5) is 0 Å². The molecule has 6 heteroatoms. The van der Waals surface area contributed by atoms with E-state index in [0.717, 1.165) is 18.7 Å². The Balaban J connectivity index is 2.15. The van der Waals surface area contributed by atoms with Gasteiger partial charge in [0.2, 0.25) is 10.0 Å². The summed E-state index contributed by atoms with van der Waals surface area (Å²) in [5.74, 6) is 0. The molecule has 0 aromatic heterocycles. The largest absolute Gasteiger partial charge is 0.373 e. The van der Waals surface area contributed by atoms with Crippen molar-refractivity contribution in [2.45, 2.75) is 44.4 Å². The number of rotatable bonds is 5. The molecule has 0 radical (unpaired) electrons. The average Bonchev–Trinajstić information content (AvgIpc) is 2.44. The summed E-state index contributed by atoms with van der Waals surface area (Å²) in [6.45, 7) is 8.30. The van der Waals surface area contributed by atoms with Crippen LogP contribution in [0.5, 0.6) is 0 Å². The number of sulfonamides is 1. The standard InChI is InChI=1S/C15H24N2O3S/c1-4-16-9-14-5-7-15(8-6-14)21(18,19)17-10-12(2)20-13(3)11-17/h5-8,12-13,16H,4,9-11H2,1-3H3/t12-,13+. The van der Waals surface area contributed by atoms with E-state index in [2.05, 4.69) is 5.32 Å². The van der Waals surface area contributed by atoms with E-state index in [1.54, 1.807) is 12.1 Å². The van der Waals surface area contributed by atoms with Crippen molar-refractivity contribution in [3.8, 4) is 0 Å². The Hall–Kier alpha value is -0.950. The zero-order valence-corrected chi connectivity index (χ0v) is 13.7. The molecule has 0 bridgehead atoms. The minimum absolute atomic E-state index is 0.0726. The van der Waals surface area contributed by atoms with Crippen LogP contribution in [0.3, 0.4) is 0 Å². The van der Waals surface area contributed by atoms with Gasteiger partial charge in [-0.1, -0.05) is 19.1 Å². The number of morpholine rings is 1. The summed E-state index contributed by atoms with van der Waals surface area (Å²) in [5, 5.41) is 3.22. The Morgan fingerprint density at radius 3 is 2.29 bits per heavy atom. The SMILES string of the molecule is CCNCc1ccc(S(=O)(=O)N2C[C@@H](C)O[C@@H](C)C2)cc1. The third kappa shape index (κ3) is 4.03. The second-order valence-electron chi connectivity index (χ2n) is 5.50. The molecule has 1 saturated heterocycles. The maximum absolute atomic E-state index is 12.7. The molecule has 0 unspecified atom stereocenters. The highest BCUT2D eigenvalue weighted by Gasteiger charge is 2.31. The smallest absolute Gasteiger partial charge is 0.243 e. The van der Waals surface area contributed by atoms with Gasteiger partial charge in [0, 0.05) is 19.6 Å². The summed E-state index contributed by atoms with van der Waals surface area (Å²) >= 11 is 0. The number of hydrogen-bond donors (Lipinski definition) is 1. The number of ether oxygens (including phenoxy) is 1. The summed E-state index contributed by atoms with van der Waals surface area (Å²) in [5.41, 5.74) is 1.08. The monoisotopic (exact) mass is 312 g/mol. The molecule has 1 aliphatic rings. The molecule has 0 spiro atoms. The summed E-state index contributed by atoms with van der Waals surface area (Å²) in [4.78, 5) is 0.351. The Kier molecular flexibility index (Phi) is 5.37. The van der Waals surface area contributed by atoms with Crippen molar-refractivity contribution in [3.63, 3.8) is 0 Å². The van der Waals surface area contributed by atoms with E-state index in [-0.39, 0.29) is 12.2 Å². The van der Waals surface area contributed by atoms with Crippen LogP contribution < -0.4 is 5.32 Å². The molecule has 5 nitrogen and oxygen atoms in total. The first kappa shape index (κ1) is 16.4. The maximum Gasteiger partial charge on any atom is 0.243 e. The minimum atomic E-state index is -3.43. The van der Waals surface area contributed by atoms with Crippen molar-refractivity contribution < 1.29 is 13.2 Å². The van der Waals surface area contributed by atoms with E-state index in [4.69, 9.17) is 4.74 Å². The molecule has 0 saturated carbocycles. The predicted octanol–water partition coefficient (Wildman–Crippen LogP) is 1.59. The second kappa shape index (κ2) is 6.87. The topological polar surface area (TPSA) is 58.6 Å². The van der Waals surface area contributed by atoms with Crippen LogP contribution in [0, 0.1) is 0 Å². The van der Waals surface area contributed by atoms with Gasteiger partial charge in [0.1, 0.15) is 0 Å². The van der Waals surface area contributed by atoms with Crippen LogP contribution in [0.25, 0.3) is 0 Å². The van der Waals surface area contributed by atoms with Crippen LogP contribution in [0.1, 0.15) is 26.3 Å². The summed E-state index contributed by atoms with van der Waals surface area (Å²) in [6.07, 6.45) is -0.145. The Bertz CT molecular complexity index is 547. The first-order valence-electron chi connectivity index (χ1n) is 7.38. The lowest BCUT2D eigenvalue weighted by molar-refractivity contribution is -0.0440. The fourth-order valence-electron chi connectivity index (χ4n) is 2.52. The second-order valence-corrected chi connectivity index (χ2v) is 7.44.